The zero-order valence-corrected chi connectivity index (χ0v) is 22.4. The molecule has 1 atom stereocenters. The second-order valence-corrected chi connectivity index (χ2v) is 10.0. The standard InChI is InChI=1S/C29H38N2O4.ClH/c1-4-34-27(33)14-8-12-22-11-7-13-25(18-30)28(22)35-20-26(32)19-31-29(2,3)17-21-15-23-9-5-6-10-24(23)16-21;/h5-7,9-11,13,21,26,31-32H,4,8,12,14-17,19-20H2,1-3H3;1H. The van der Waals surface area contributed by atoms with E-state index in [1.807, 2.05) is 12.1 Å². The van der Waals surface area contributed by atoms with Gasteiger partial charge in [-0.25, -0.2) is 0 Å². The van der Waals surface area contributed by atoms with Crippen LogP contribution in [0.3, 0.4) is 0 Å². The molecule has 0 saturated carbocycles. The fourth-order valence-electron chi connectivity index (χ4n) is 4.92. The first-order valence-corrected chi connectivity index (χ1v) is 12.6. The van der Waals surface area contributed by atoms with Gasteiger partial charge in [0, 0.05) is 18.5 Å². The van der Waals surface area contributed by atoms with Crippen LogP contribution in [0.1, 0.15) is 62.3 Å². The predicted octanol–water partition coefficient (Wildman–Crippen LogP) is 4.78. The minimum absolute atomic E-state index is 0. The number of hydrogen-bond acceptors (Lipinski definition) is 6. The molecule has 3 rings (SSSR count). The molecular formula is C29H39ClN2O4. The smallest absolute Gasteiger partial charge is 0.305 e. The second kappa shape index (κ2) is 14.2. The number of β-amino-alcohol motifs (C(OH)–C–C–N with tert-alkyl or cyclic N) is 1. The predicted molar refractivity (Wildman–Crippen MR) is 144 cm³/mol. The first-order valence-electron chi connectivity index (χ1n) is 12.6. The Balaban J connectivity index is 0.00000456. The number of halogens is 1. The molecule has 196 valence electrons. The summed E-state index contributed by atoms with van der Waals surface area (Å²) in [6, 6.07) is 16.2. The fourth-order valence-corrected chi connectivity index (χ4v) is 4.92. The van der Waals surface area contributed by atoms with Crippen LogP contribution in [0.2, 0.25) is 0 Å². The van der Waals surface area contributed by atoms with Crippen LogP contribution in [0.15, 0.2) is 42.5 Å². The third-order valence-corrected chi connectivity index (χ3v) is 6.52. The van der Waals surface area contributed by atoms with Crippen molar-refractivity contribution in [3.05, 3.63) is 64.7 Å². The van der Waals surface area contributed by atoms with Crippen molar-refractivity contribution in [1.29, 1.82) is 5.26 Å². The summed E-state index contributed by atoms with van der Waals surface area (Å²) >= 11 is 0. The summed E-state index contributed by atoms with van der Waals surface area (Å²) in [4.78, 5) is 11.6. The van der Waals surface area contributed by atoms with E-state index in [1.165, 1.54) is 11.1 Å². The number of nitrogens with one attached hydrogen (secondary N) is 1. The first kappa shape index (κ1) is 29.6. The van der Waals surface area contributed by atoms with Crippen molar-refractivity contribution in [1.82, 2.24) is 5.32 Å². The van der Waals surface area contributed by atoms with Crippen molar-refractivity contribution in [3.8, 4) is 11.8 Å². The van der Waals surface area contributed by atoms with Gasteiger partial charge < -0.3 is 19.9 Å². The van der Waals surface area contributed by atoms with Gasteiger partial charge in [-0.3, -0.25) is 4.79 Å². The van der Waals surface area contributed by atoms with Gasteiger partial charge in [0.05, 0.1) is 12.2 Å². The zero-order valence-electron chi connectivity index (χ0n) is 21.6. The molecule has 0 radical (unpaired) electrons. The summed E-state index contributed by atoms with van der Waals surface area (Å²) in [5, 5.41) is 23.6. The summed E-state index contributed by atoms with van der Waals surface area (Å²) in [5.74, 6) is 0.862. The largest absolute Gasteiger partial charge is 0.489 e. The average Bonchev–Trinajstić information content (AvgIpc) is 3.23. The van der Waals surface area contributed by atoms with Gasteiger partial charge in [0.2, 0.25) is 0 Å². The number of rotatable bonds is 13. The summed E-state index contributed by atoms with van der Waals surface area (Å²) in [6.45, 7) is 7.00. The quantitative estimate of drug-likeness (QED) is 0.374. The van der Waals surface area contributed by atoms with Crippen molar-refractivity contribution in [2.24, 2.45) is 5.92 Å². The zero-order chi connectivity index (χ0) is 25.3. The van der Waals surface area contributed by atoms with Crippen molar-refractivity contribution in [2.45, 2.75) is 70.9 Å². The number of benzene rings is 2. The number of fused-ring (bicyclic) bond motifs is 1. The molecule has 2 N–H and O–H groups in total. The third-order valence-electron chi connectivity index (χ3n) is 6.52. The van der Waals surface area contributed by atoms with Gasteiger partial charge in [-0.05, 0) is 81.5 Å². The molecule has 6 nitrogen and oxygen atoms in total. The molecule has 0 saturated heterocycles. The number of carbonyl (C=O) groups excluding carboxylic acids is 1. The normalized spacial score (nSPS) is 13.9. The number of esters is 1. The molecule has 0 spiro atoms. The molecule has 0 heterocycles. The Hall–Kier alpha value is -2.59. The molecular weight excluding hydrogens is 476 g/mol. The van der Waals surface area contributed by atoms with Crippen LogP contribution in [0.25, 0.3) is 0 Å². The number of carbonyl (C=O) groups is 1. The molecule has 0 aromatic heterocycles. The number of aryl methyl sites for hydroxylation is 1. The Bertz CT molecular complexity index is 1010. The van der Waals surface area contributed by atoms with Gasteiger partial charge in [0.1, 0.15) is 24.5 Å². The summed E-state index contributed by atoms with van der Waals surface area (Å²) < 4.78 is 10.9. The molecule has 0 amide bonds. The number of aliphatic hydroxyl groups excluding tert-OH is 1. The number of hydrogen-bond donors (Lipinski definition) is 2. The lowest BCUT2D eigenvalue weighted by Crippen LogP contribution is -2.46. The van der Waals surface area contributed by atoms with Gasteiger partial charge in [0.25, 0.3) is 0 Å². The molecule has 0 aliphatic heterocycles. The Labute approximate surface area is 221 Å². The average molecular weight is 515 g/mol. The Morgan fingerprint density at radius 1 is 1.19 bits per heavy atom. The van der Waals surface area contributed by atoms with Gasteiger partial charge in [-0.15, -0.1) is 12.4 Å². The summed E-state index contributed by atoms with van der Waals surface area (Å²) in [7, 11) is 0. The van der Waals surface area contributed by atoms with Crippen LogP contribution < -0.4 is 10.1 Å². The van der Waals surface area contributed by atoms with E-state index in [0.29, 0.717) is 49.6 Å². The molecule has 1 unspecified atom stereocenters. The summed E-state index contributed by atoms with van der Waals surface area (Å²) in [5.41, 5.74) is 4.08. The molecule has 1 aliphatic carbocycles. The van der Waals surface area contributed by atoms with E-state index in [9.17, 15) is 15.2 Å². The Morgan fingerprint density at radius 3 is 2.53 bits per heavy atom. The van der Waals surface area contributed by atoms with E-state index in [-0.39, 0.29) is 30.5 Å². The molecule has 2 aromatic rings. The highest BCUT2D eigenvalue weighted by molar-refractivity contribution is 5.85. The number of aliphatic hydroxyl groups is 1. The van der Waals surface area contributed by atoms with Crippen LogP contribution in [0.5, 0.6) is 5.75 Å². The van der Waals surface area contributed by atoms with E-state index in [1.54, 1.807) is 13.0 Å². The Kier molecular flexibility index (Phi) is 11.7. The third kappa shape index (κ3) is 8.81. The highest BCUT2D eigenvalue weighted by Gasteiger charge is 2.28. The van der Waals surface area contributed by atoms with Crippen molar-refractivity contribution in [2.75, 3.05) is 19.8 Å². The van der Waals surface area contributed by atoms with Gasteiger partial charge in [0.15, 0.2) is 0 Å². The molecule has 1 aliphatic rings. The summed E-state index contributed by atoms with van der Waals surface area (Å²) in [6.07, 6.45) is 4.04. The maximum Gasteiger partial charge on any atom is 0.305 e. The number of para-hydroxylation sites is 1. The van der Waals surface area contributed by atoms with Crippen molar-refractivity contribution < 1.29 is 19.4 Å². The van der Waals surface area contributed by atoms with Crippen LogP contribution in [-0.4, -0.2) is 42.5 Å². The first-order chi connectivity index (χ1) is 16.8. The highest BCUT2D eigenvalue weighted by Crippen LogP contribution is 2.32. The number of ether oxygens (including phenoxy) is 2. The van der Waals surface area contributed by atoms with Crippen molar-refractivity contribution >= 4 is 18.4 Å². The van der Waals surface area contributed by atoms with Crippen LogP contribution >= 0.6 is 12.4 Å². The van der Waals surface area contributed by atoms with Crippen molar-refractivity contribution in [3.63, 3.8) is 0 Å². The lowest BCUT2D eigenvalue weighted by molar-refractivity contribution is -0.143. The lowest BCUT2D eigenvalue weighted by Gasteiger charge is -2.30. The number of nitriles is 1. The van der Waals surface area contributed by atoms with E-state index < -0.39 is 6.10 Å². The minimum Gasteiger partial charge on any atom is -0.489 e. The molecule has 0 bridgehead atoms. The van der Waals surface area contributed by atoms with E-state index >= 15 is 0 Å². The monoisotopic (exact) mass is 514 g/mol. The van der Waals surface area contributed by atoms with Crippen LogP contribution in [-0.2, 0) is 28.8 Å². The molecule has 36 heavy (non-hydrogen) atoms. The molecule has 2 aromatic carbocycles. The number of nitrogens with zero attached hydrogens (tertiary/aromatic N) is 1. The molecule has 0 fully saturated rings. The fraction of sp³-hybridized carbons (Fsp3) is 0.517. The maximum atomic E-state index is 11.6. The van der Waals surface area contributed by atoms with Gasteiger partial charge in [-0.1, -0.05) is 36.4 Å². The van der Waals surface area contributed by atoms with Gasteiger partial charge >= 0.3 is 5.97 Å². The SMILES string of the molecule is CCOC(=O)CCCc1cccc(C#N)c1OCC(O)CNC(C)(C)CC1Cc2ccccc2C1.Cl. The topological polar surface area (TPSA) is 91.6 Å². The van der Waals surface area contributed by atoms with E-state index in [2.05, 4.69) is 49.5 Å². The van der Waals surface area contributed by atoms with E-state index in [4.69, 9.17) is 9.47 Å². The Morgan fingerprint density at radius 2 is 1.89 bits per heavy atom. The van der Waals surface area contributed by atoms with Crippen LogP contribution in [0, 0.1) is 17.2 Å². The van der Waals surface area contributed by atoms with Crippen LogP contribution in [0.4, 0.5) is 0 Å². The maximum absolute atomic E-state index is 11.6. The van der Waals surface area contributed by atoms with E-state index in [0.717, 1.165) is 24.8 Å². The molecule has 7 heteroatoms. The van der Waals surface area contributed by atoms with Gasteiger partial charge in [-0.2, -0.15) is 5.26 Å². The lowest BCUT2D eigenvalue weighted by atomic mass is 9.88. The minimum atomic E-state index is -0.714. The highest BCUT2D eigenvalue weighted by atomic mass is 35.5. The second-order valence-electron chi connectivity index (χ2n) is 10.0.